The van der Waals surface area contributed by atoms with Crippen molar-refractivity contribution in [3.05, 3.63) is 47.1 Å². The highest BCUT2D eigenvalue weighted by atomic mass is 35.5. The molecule has 4 rings (SSSR count). The van der Waals surface area contributed by atoms with E-state index in [1.807, 2.05) is 6.07 Å². The number of hydrogen-bond acceptors (Lipinski definition) is 4. The first-order chi connectivity index (χ1) is 10.8. The van der Waals surface area contributed by atoms with Crippen LogP contribution in [0.1, 0.15) is 48.9 Å². The molecule has 3 heterocycles. The maximum atomic E-state index is 5.91. The molecule has 0 atom stereocenters. The van der Waals surface area contributed by atoms with Crippen molar-refractivity contribution in [1.29, 1.82) is 0 Å². The normalized spacial score (nSPS) is 19.4. The highest BCUT2D eigenvalue weighted by Gasteiger charge is 2.27. The third-order valence-corrected chi connectivity index (χ3v) is 4.88. The molecule has 1 aliphatic carbocycles. The van der Waals surface area contributed by atoms with Crippen molar-refractivity contribution in [2.45, 2.75) is 37.5 Å². The van der Waals surface area contributed by atoms with Crippen molar-refractivity contribution in [2.75, 3.05) is 18.0 Å². The zero-order valence-electron chi connectivity index (χ0n) is 12.5. The van der Waals surface area contributed by atoms with Gasteiger partial charge in [0.05, 0.1) is 5.02 Å². The average molecular weight is 315 g/mol. The SMILES string of the molecule is Clc1ccc(C2CCN(c3cc(C4CC4)ncn3)CC2)nc1. The van der Waals surface area contributed by atoms with Gasteiger partial charge in [-0.1, -0.05) is 11.6 Å². The van der Waals surface area contributed by atoms with E-state index in [1.165, 1.54) is 18.5 Å². The number of piperidine rings is 1. The fraction of sp³-hybridized carbons (Fsp3) is 0.471. The number of nitrogens with zero attached hydrogens (tertiary/aromatic N) is 4. The lowest BCUT2D eigenvalue weighted by atomic mass is 9.93. The van der Waals surface area contributed by atoms with Crippen LogP contribution in [-0.4, -0.2) is 28.0 Å². The molecule has 5 heteroatoms. The van der Waals surface area contributed by atoms with Gasteiger partial charge in [0.1, 0.15) is 12.1 Å². The van der Waals surface area contributed by atoms with Gasteiger partial charge in [0.25, 0.3) is 0 Å². The molecule has 0 unspecified atom stereocenters. The summed E-state index contributed by atoms with van der Waals surface area (Å²) in [4.78, 5) is 15.7. The first kappa shape index (κ1) is 13.9. The topological polar surface area (TPSA) is 41.9 Å². The Bertz CT molecular complexity index is 646. The van der Waals surface area contributed by atoms with Crippen LogP contribution in [0.25, 0.3) is 0 Å². The van der Waals surface area contributed by atoms with Gasteiger partial charge >= 0.3 is 0 Å². The molecule has 114 valence electrons. The van der Waals surface area contributed by atoms with Gasteiger partial charge in [-0.15, -0.1) is 0 Å². The van der Waals surface area contributed by atoms with E-state index in [0.717, 1.165) is 37.4 Å². The number of hydrogen-bond donors (Lipinski definition) is 0. The van der Waals surface area contributed by atoms with Gasteiger partial charge in [-0.3, -0.25) is 4.98 Å². The van der Waals surface area contributed by atoms with E-state index in [0.29, 0.717) is 16.9 Å². The van der Waals surface area contributed by atoms with E-state index in [9.17, 15) is 0 Å². The summed E-state index contributed by atoms with van der Waals surface area (Å²) in [5.41, 5.74) is 2.37. The zero-order valence-corrected chi connectivity index (χ0v) is 13.2. The standard InChI is InChI=1S/C17H19ClN4/c18-14-3-4-15(19-10-14)13-5-7-22(8-6-13)17-9-16(12-1-2-12)20-11-21-17/h3-4,9-13H,1-2,5-8H2. The van der Waals surface area contributed by atoms with Crippen molar-refractivity contribution in [2.24, 2.45) is 0 Å². The molecule has 4 nitrogen and oxygen atoms in total. The minimum absolute atomic E-state index is 0.526. The summed E-state index contributed by atoms with van der Waals surface area (Å²) in [6.07, 6.45) is 8.24. The van der Waals surface area contributed by atoms with Crippen LogP contribution in [0.15, 0.2) is 30.7 Å². The average Bonchev–Trinajstić information content (AvgIpc) is 3.41. The minimum Gasteiger partial charge on any atom is -0.356 e. The summed E-state index contributed by atoms with van der Waals surface area (Å²) in [5.74, 6) is 2.29. The molecular weight excluding hydrogens is 296 g/mol. The zero-order chi connectivity index (χ0) is 14.9. The Labute approximate surface area is 135 Å². The Hall–Kier alpha value is -1.68. The molecule has 2 aliphatic rings. The Kier molecular flexibility index (Phi) is 3.70. The van der Waals surface area contributed by atoms with Gasteiger partial charge in [0.2, 0.25) is 0 Å². The predicted molar refractivity (Wildman–Crippen MR) is 87.4 cm³/mol. The van der Waals surface area contributed by atoms with E-state index in [2.05, 4.69) is 32.0 Å². The fourth-order valence-corrected chi connectivity index (χ4v) is 3.28. The van der Waals surface area contributed by atoms with Crippen molar-refractivity contribution in [3.63, 3.8) is 0 Å². The van der Waals surface area contributed by atoms with Crippen LogP contribution in [0.3, 0.4) is 0 Å². The van der Waals surface area contributed by atoms with E-state index in [4.69, 9.17) is 11.6 Å². The summed E-state index contributed by atoms with van der Waals surface area (Å²) >= 11 is 5.91. The molecule has 0 bridgehead atoms. The van der Waals surface area contributed by atoms with Crippen LogP contribution in [0.2, 0.25) is 5.02 Å². The Morgan fingerprint density at radius 2 is 1.68 bits per heavy atom. The quantitative estimate of drug-likeness (QED) is 0.864. The first-order valence-corrected chi connectivity index (χ1v) is 8.36. The maximum Gasteiger partial charge on any atom is 0.132 e. The summed E-state index contributed by atoms with van der Waals surface area (Å²) in [7, 11) is 0. The lowest BCUT2D eigenvalue weighted by Gasteiger charge is -2.32. The van der Waals surface area contributed by atoms with Crippen molar-refractivity contribution < 1.29 is 0 Å². The van der Waals surface area contributed by atoms with Crippen LogP contribution in [0.4, 0.5) is 5.82 Å². The van der Waals surface area contributed by atoms with Crippen molar-refractivity contribution in [1.82, 2.24) is 15.0 Å². The Balaban J connectivity index is 1.43. The van der Waals surface area contributed by atoms with Gasteiger partial charge in [-0.25, -0.2) is 9.97 Å². The van der Waals surface area contributed by atoms with E-state index in [1.54, 1.807) is 12.5 Å². The molecular formula is C17H19ClN4. The molecule has 0 N–H and O–H groups in total. The van der Waals surface area contributed by atoms with Gasteiger partial charge in [0.15, 0.2) is 0 Å². The molecule has 0 radical (unpaired) electrons. The van der Waals surface area contributed by atoms with Gasteiger partial charge in [0, 0.05) is 48.6 Å². The lowest BCUT2D eigenvalue weighted by Crippen LogP contribution is -2.33. The van der Waals surface area contributed by atoms with Gasteiger partial charge in [-0.2, -0.15) is 0 Å². The highest BCUT2D eigenvalue weighted by Crippen LogP contribution is 2.39. The number of aromatic nitrogens is 3. The Morgan fingerprint density at radius 3 is 2.36 bits per heavy atom. The summed E-state index contributed by atoms with van der Waals surface area (Å²) in [5, 5.41) is 0.703. The molecule has 2 aromatic rings. The smallest absolute Gasteiger partial charge is 0.132 e. The molecule has 0 aromatic carbocycles. The third-order valence-electron chi connectivity index (χ3n) is 4.66. The van der Waals surface area contributed by atoms with Gasteiger partial charge in [-0.05, 0) is 37.8 Å². The molecule has 0 amide bonds. The number of rotatable bonds is 3. The van der Waals surface area contributed by atoms with Crippen molar-refractivity contribution in [3.8, 4) is 0 Å². The summed E-state index contributed by atoms with van der Waals surface area (Å²) in [6.45, 7) is 2.05. The summed E-state index contributed by atoms with van der Waals surface area (Å²) < 4.78 is 0. The summed E-state index contributed by atoms with van der Waals surface area (Å²) in [6, 6.07) is 6.17. The fourth-order valence-electron chi connectivity index (χ4n) is 3.17. The molecule has 1 saturated heterocycles. The molecule has 22 heavy (non-hydrogen) atoms. The van der Waals surface area contributed by atoms with Crippen LogP contribution in [-0.2, 0) is 0 Å². The molecule has 0 spiro atoms. The first-order valence-electron chi connectivity index (χ1n) is 7.98. The van der Waals surface area contributed by atoms with Crippen molar-refractivity contribution >= 4 is 17.4 Å². The number of halogens is 1. The van der Waals surface area contributed by atoms with Crippen LogP contribution in [0.5, 0.6) is 0 Å². The predicted octanol–water partition coefficient (Wildman–Crippen LogP) is 3.79. The number of pyridine rings is 1. The largest absolute Gasteiger partial charge is 0.356 e. The monoisotopic (exact) mass is 314 g/mol. The van der Waals surface area contributed by atoms with E-state index < -0.39 is 0 Å². The highest BCUT2D eigenvalue weighted by molar-refractivity contribution is 6.30. The molecule has 1 aliphatic heterocycles. The minimum atomic E-state index is 0.526. The van der Waals surface area contributed by atoms with E-state index in [-0.39, 0.29) is 0 Å². The Morgan fingerprint density at radius 1 is 0.909 bits per heavy atom. The third kappa shape index (κ3) is 2.93. The second-order valence-electron chi connectivity index (χ2n) is 6.24. The molecule has 2 fully saturated rings. The molecule has 2 aromatic heterocycles. The second kappa shape index (κ2) is 5.84. The van der Waals surface area contributed by atoms with Gasteiger partial charge < -0.3 is 4.90 Å². The lowest BCUT2D eigenvalue weighted by molar-refractivity contribution is 0.493. The number of anilines is 1. The van der Waals surface area contributed by atoms with Crippen LogP contribution < -0.4 is 4.90 Å². The van der Waals surface area contributed by atoms with Crippen LogP contribution >= 0.6 is 11.6 Å². The maximum absolute atomic E-state index is 5.91. The van der Waals surface area contributed by atoms with E-state index >= 15 is 0 Å². The second-order valence-corrected chi connectivity index (χ2v) is 6.67. The van der Waals surface area contributed by atoms with Crippen LogP contribution in [0, 0.1) is 0 Å². The molecule has 1 saturated carbocycles.